The van der Waals surface area contributed by atoms with Crippen LogP contribution >= 0.6 is 0 Å². The number of carboxylic acid groups (broad SMARTS) is 3. The van der Waals surface area contributed by atoms with Crippen LogP contribution in [0.3, 0.4) is 0 Å². The molecule has 0 saturated heterocycles. The predicted octanol–water partition coefficient (Wildman–Crippen LogP) is -6.26. The number of hydrogen-bond donors (Lipinski definition) is 15. The molecule has 0 aliphatic rings. The van der Waals surface area contributed by atoms with Gasteiger partial charge in [0.1, 0.15) is 42.3 Å². The van der Waals surface area contributed by atoms with E-state index in [-0.39, 0.29) is 18.8 Å². The van der Waals surface area contributed by atoms with E-state index in [9.17, 15) is 77.6 Å². The van der Waals surface area contributed by atoms with Crippen LogP contribution in [0.5, 0.6) is 0 Å². The first-order valence-electron chi connectivity index (χ1n) is 21.0. The minimum atomic E-state index is -1.98. The van der Waals surface area contributed by atoms with Crippen molar-refractivity contribution in [2.45, 2.75) is 135 Å². The van der Waals surface area contributed by atoms with E-state index in [1.807, 2.05) is 0 Å². The van der Waals surface area contributed by atoms with Crippen LogP contribution in [0.15, 0.2) is 0 Å². The molecule has 28 heteroatoms. The van der Waals surface area contributed by atoms with Gasteiger partial charge in [0.05, 0.1) is 38.5 Å². The van der Waals surface area contributed by atoms with Crippen molar-refractivity contribution in [3.8, 4) is 0 Å². The predicted molar refractivity (Wildman–Crippen MR) is 230 cm³/mol. The number of primary amides is 2. The number of rotatable bonds is 32. The number of nitrogens with two attached hydrogens (primary N) is 3. The second-order valence-corrected chi connectivity index (χ2v) is 16.3. The molecule has 0 aromatic carbocycles. The van der Waals surface area contributed by atoms with Gasteiger partial charge in [-0.1, -0.05) is 48.0 Å². The van der Waals surface area contributed by atoms with Gasteiger partial charge in [0, 0.05) is 6.42 Å². The van der Waals surface area contributed by atoms with Gasteiger partial charge in [-0.25, -0.2) is 4.79 Å². The fourth-order valence-electron chi connectivity index (χ4n) is 5.87. The Bertz CT molecular complexity index is 1830. The molecule has 0 fully saturated rings. The van der Waals surface area contributed by atoms with Gasteiger partial charge in [-0.05, 0) is 30.6 Å². The molecule has 0 aliphatic heterocycles. The zero-order valence-corrected chi connectivity index (χ0v) is 38.0. The van der Waals surface area contributed by atoms with E-state index >= 15 is 0 Å². The van der Waals surface area contributed by atoms with E-state index in [4.69, 9.17) is 22.3 Å². The van der Waals surface area contributed by atoms with Gasteiger partial charge < -0.3 is 80.2 Å². The Morgan fingerprint density at radius 1 is 0.522 bits per heavy atom. The summed E-state index contributed by atoms with van der Waals surface area (Å²) in [4.78, 5) is 164. The maximum atomic E-state index is 13.7. The highest BCUT2D eigenvalue weighted by molar-refractivity contribution is 5.99. The standard InChI is InChI=1S/C39H65N11O17/c1-7-18(6)31(49-27(54)14-43-32(59)19(40)11-28(55)56)38(65)47-23(13-29(57)58)36(63)44-20(8-9-25(41)52)33(60)46-22(12-26(42)53)35(62)45-21(10-16(2)3)34(61)48-24(15-51)37(64)50-30(17(4)5)39(66)67/h16-24,30-31,51H,7-15,40H2,1-6H3,(H2,41,52)(H2,42,53)(H,43,59)(H,44,63)(H,45,62)(H,46,60)(H,47,65)(H,48,61)(H,49,54)(H,50,64)(H,55,56)(H,57,58)(H,66,67). The zero-order chi connectivity index (χ0) is 51.9. The van der Waals surface area contributed by atoms with Crippen molar-refractivity contribution in [2.24, 2.45) is 35.0 Å². The first-order chi connectivity index (χ1) is 31.0. The fraction of sp³-hybridized carbons (Fsp3) is 0.667. The van der Waals surface area contributed by atoms with E-state index in [1.54, 1.807) is 20.8 Å². The first-order valence-corrected chi connectivity index (χ1v) is 21.0. The lowest BCUT2D eigenvalue weighted by Crippen LogP contribution is -2.61. The average molecular weight is 960 g/mol. The van der Waals surface area contributed by atoms with Crippen molar-refractivity contribution in [1.82, 2.24) is 42.5 Å². The third kappa shape index (κ3) is 23.2. The van der Waals surface area contributed by atoms with Crippen molar-refractivity contribution < 1.29 is 82.8 Å². The van der Waals surface area contributed by atoms with Gasteiger partial charge in [-0.3, -0.25) is 57.5 Å². The van der Waals surface area contributed by atoms with Crippen molar-refractivity contribution in [3.05, 3.63) is 0 Å². The summed E-state index contributed by atoms with van der Waals surface area (Å²) in [6, 6.07) is -13.3. The Labute approximate surface area is 384 Å². The number of carbonyl (C=O) groups is 13. The van der Waals surface area contributed by atoms with Crippen molar-refractivity contribution in [1.29, 1.82) is 0 Å². The number of aliphatic carboxylic acids is 3. The number of nitrogens with one attached hydrogen (secondary N) is 8. The molecule has 28 nitrogen and oxygen atoms in total. The summed E-state index contributed by atoms with van der Waals surface area (Å²) in [6.07, 6.45) is -3.87. The van der Waals surface area contributed by atoms with Crippen LogP contribution in [0.1, 0.15) is 86.5 Å². The second kappa shape index (κ2) is 29.5. The third-order valence-electron chi connectivity index (χ3n) is 9.71. The molecule has 67 heavy (non-hydrogen) atoms. The van der Waals surface area contributed by atoms with E-state index in [0.29, 0.717) is 0 Å². The van der Waals surface area contributed by atoms with E-state index < -0.39 is 182 Å². The Kier molecular flexibility index (Phi) is 26.5. The van der Waals surface area contributed by atoms with Crippen LogP contribution in [0.25, 0.3) is 0 Å². The van der Waals surface area contributed by atoms with E-state index in [1.165, 1.54) is 20.8 Å². The molecule has 10 amide bonds. The smallest absolute Gasteiger partial charge is 0.326 e. The summed E-state index contributed by atoms with van der Waals surface area (Å²) < 4.78 is 0. The lowest BCUT2D eigenvalue weighted by Gasteiger charge is -2.28. The van der Waals surface area contributed by atoms with Gasteiger partial charge in [0.15, 0.2) is 0 Å². The van der Waals surface area contributed by atoms with Crippen LogP contribution in [-0.2, 0) is 62.3 Å². The Morgan fingerprint density at radius 3 is 1.45 bits per heavy atom. The highest BCUT2D eigenvalue weighted by Gasteiger charge is 2.36. The summed E-state index contributed by atoms with van der Waals surface area (Å²) in [5.74, 6) is -17.1. The normalized spacial score (nSPS) is 15.0. The molecule has 9 atom stereocenters. The van der Waals surface area contributed by atoms with Crippen LogP contribution in [0, 0.1) is 17.8 Å². The minimum Gasteiger partial charge on any atom is -0.481 e. The highest BCUT2D eigenvalue weighted by Crippen LogP contribution is 2.11. The summed E-state index contributed by atoms with van der Waals surface area (Å²) >= 11 is 0. The monoisotopic (exact) mass is 959 g/mol. The SMILES string of the molecule is CCC(C)C(NC(=O)CNC(=O)C(N)CC(=O)O)C(=O)NC(CC(=O)O)C(=O)NC(CCC(N)=O)C(=O)NC(CC(N)=O)C(=O)NC(CC(C)C)C(=O)NC(CO)C(=O)NC(C(=O)O)C(C)C. The molecule has 0 spiro atoms. The van der Waals surface area contributed by atoms with E-state index in [0.717, 1.165) is 0 Å². The molecule has 0 saturated carbocycles. The van der Waals surface area contributed by atoms with Crippen LogP contribution in [0.4, 0.5) is 0 Å². The van der Waals surface area contributed by atoms with Crippen LogP contribution in [0.2, 0.25) is 0 Å². The molecular formula is C39H65N11O17. The van der Waals surface area contributed by atoms with Crippen molar-refractivity contribution >= 4 is 77.0 Å². The molecule has 0 heterocycles. The number of hydrogen-bond acceptors (Lipinski definition) is 15. The van der Waals surface area contributed by atoms with Gasteiger partial charge in [-0.15, -0.1) is 0 Å². The number of aliphatic hydroxyl groups is 1. The summed E-state index contributed by atoms with van der Waals surface area (Å²) in [5.41, 5.74) is 16.1. The van der Waals surface area contributed by atoms with Gasteiger partial charge in [0.2, 0.25) is 59.1 Å². The van der Waals surface area contributed by atoms with E-state index in [2.05, 4.69) is 42.5 Å². The summed E-state index contributed by atoms with van der Waals surface area (Å²) in [6.45, 7) is 7.67. The molecule has 0 aliphatic carbocycles. The van der Waals surface area contributed by atoms with Crippen LogP contribution in [-0.4, -0.2) is 159 Å². The number of carboxylic acids is 3. The molecule has 0 bridgehead atoms. The topological polar surface area (TPSA) is 477 Å². The quantitative estimate of drug-likeness (QED) is 0.0298. The largest absolute Gasteiger partial charge is 0.481 e. The number of carbonyl (C=O) groups excluding carboxylic acids is 10. The molecule has 9 unspecified atom stereocenters. The maximum absolute atomic E-state index is 13.7. The Morgan fingerprint density at radius 2 is 0.985 bits per heavy atom. The fourth-order valence-corrected chi connectivity index (χ4v) is 5.87. The molecule has 0 radical (unpaired) electrons. The van der Waals surface area contributed by atoms with Crippen molar-refractivity contribution in [2.75, 3.05) is 13.2 Å². The minimum absolute atomic E-state index is 0.131. The molecule has 18 N–H and O–H groups in total. The third-order valence-corrected chi connectivity index (χ3v) is 9.71. The van der Waals surface area contributed by atoms with Gasteiger partial charge in [0.25, 0.3) is 0 Å². The zero-order valence-electron chi connectivity index (χ0n) is 38.0. The average Bonchev–Trinajstić information content (AvgIpc) is 3.21. The summed E-state index contributed by atoms with van der Waals surface area (Å²) in [7, 11) is 0. The molecule has 0 aromatic heterocycles. The first kappa shape index (κ1) is 60.0. The molecule has 0 rings (SSSR count). The molecule has 0 aromatic rings. The lowest BCUT2D eigenvalue weighted by molar-refractivity contribution is -0.144. The molecular weight excluding hydrogens is 894 g/mol. The van der Waals surface area contributed by atoms with Crippen LogP contribution < -0.4 is 59.7 Å². The van der Waals surface area contributed by atoms with Crippen molar-refractivity contribution in [3.63, 3.8) is 0 Å². The lowest BCUT2D eigenvalue weighted by atomic mass is 9.97. The maximum Gasteiger partial charge on any atom is 0.326 e. The molecule has 378 valence electrons. The van der Waals surface area contributed by atoms with Gasteiger partial charge in [-0.2, -0.15) is 0 Å². The number of amides is 10. The second-order valence-electron chi connectivity index (χ2n) is 16.3. The summed E-state index contributed by atoms with van der Waals surface area (Å²) in [5, 5.41) is 55.5. The highest BCUT2D eigenvalue weighted by atomic mass is 16.4. The Balaban J connectivity index is 6.49. The van der Waals surface area contributed by atoms with Gasteiger partial charge >= 0.3 is 17.9 Å². The number of aliphatic hydroxyl groups excluding tert-OH is 1. The Hall–Kier alpha value is -6.97.